The molecule has 2 rings (SSSR count). The molecule has 1 saturated heterocycles. The van der Waals surface area contributed by atoms with Crippen molar-refractivity contribution in [3.8, 4) is 11.8 Å². The summed E-state index contributed by atoms with van der Waals surface area (Å²) in [5.74, 6) is 0.838. The van der Waals surface area contributed by atoms with Gasteiger partial charge in [-0.3, -0.25) is 0 Å². The number of ether oxygens (including phenoxy) is 1. The molecule has 0 amide bonds. The molecule has 1 aliphatic heterocycles. The van der Waals surface area contributed by atoms with Gasteiger partial charge in [-0.25, -0.2) is 0 Å². The van der Waals surface area contributed by atoms with Crippen LogP contribution in [0.3, 0.4) is 0 Å². The first kappa shape index (κ1) is 10.8. The van der Waals surface area contributed by atoms with Crippen molar-refractivity contribution in [3.05, 3.63) is 29.8 Å². The molecule has 0 spiro atoms. The number of nitrogens with zero attached hydrogens (tertiary/aromatic N) is 1. The van der Waals surface area contributed by atoms with Crippen molar-refractivity contribution in [1.29, 1.82) is 5.26 Å². The summed E-state index contributed by atoms with van der Waals surface area (Å²) in [4.78, 5) is 0. The molecule has 0 aliphatic carbocycles. The maximum absolute atomic E-state index is 8.57. The predicted octanol–water partition coefficient (Wildman–Crippen LogP) is 1.33. The van der Waals surface area contributed by atoms with E-state index in [0.29, 0.717) is 11.7 Å². The van der Waals surface area contributed by atoms with E-state index >= 15 is 0 Å². The lowest BCUT2D eigenvalue weighted by molar-refractivity contribution is 0.142. The second-order valence-corrected chi connectivity index (χ2v) is 3.03. The lowest BCUT2D eigenvalue weighted by Gasteiger charge is -2.27. The van der Waals surface area contributed by atoms with Gasteiger partial charge in [-0.2, -0.15) is 5.26 Å². The quantitative estimate of drug-likeness (QED) is 0.801. The smallest absolute Gasteiger partial charge is 0.123 e. The van der Waals surface area contributed by atoms with Gasteiger partial charge in [0.2, 0.25) is 0 Å². The van der Waals surface area contributed by atoms with Crippen molar-refractivity contribution in [2.24, 2.45) is 0 Å². The van der Waals surface area contributed by atoms with Crippen LogP contribution < -0.4 is 10.1 Å². The number of halogens is 1. The summed E-state index contributed by atoms with van der Waals surface area (Å²) in [5, 5.41) is 11.7. The number of hydrogen-bond donors (Lipinski definition) is 1. The summed E-state index contributed by atoms with van der Waals surface area (Å²) < 4.78 is 5.58. The SMILES string of the molecule is Cl.N#Cc1ccc(OC2CNC2)cc1. The van der Waals surface area contributed by atoms with Crippen LogP contribution in [0.2, 0.25) is 0 Å². The number of benzene rings is 1. The van der Waals surface area contributed by atoms with Gasteiger partial charge >= 0.3 is 0 Å². The van der Waals surface area contributed by atoms with E-state index in [1.807, 2.05) is 12.1 Å². The largest absolute Gasteiger partial charge is 0.488 e. The first-order chi connectivity index (χ1) is 6.38. The molecule has 1 N–H and O–H groups in total. The van der Waals surface area contributed by atoms with E-state index in [0.717, 1.165) is 18.8 Å². The zero-order chi connectivity index (χ0) is 9.10. The van der Waals surface area contributed by atoms with Crippen molar-refractivity contribution in [2.75, 3.05) is 13.1 Å². The van der Waals surface area contributed by atoms with Gasteiger partial charge in [-0.1, -0.05) is 0 Å². The van der Waals surface area contributed by atoms with Gasteiger partial charge in [0, 0.05) is 13.1 Å². The average Bonchev–Trinajstić information content (AvgIpc) is 2.12. The predicted molar refractivity (Wildman–Crippen MR) is 55.7 cm³/mol. The maximum Gasteiger partial charge on any atom is 0.123 e. The third kappa shape index (κ3) is 2.38. The van der Waals surface area contributed by atoms with E-state index in [1.54, 1.807) is 12.1 Å². The molecule has 1 fully saturated rings. The van der Waals surface area contributed by atoms with Crippen molar-refractivity contribution in [1.82, 2.24) is 5.32 Å². The molecule has 0 radical (unpaired) electrons. The second-order valence-electron chi connectivity index (χ2n) is 3.03. The monoisotopic (exact) mass is 210 g/mol. The molecule has 0 atom stereocenters. The second kappa shape index (κ2) is 4.85. The Morgan fingerprint density at radius 3 is 2.36 bits per heavy atom. The summed E-state index contributed by atoms with van der Waals surface area (Å²) in [6.45, 7) is 1.83. The third-order valence-corrected chi connectivity index (χ3v) is 2.03. The van der Waals surface area contributed by atoms with Gasteiger partial charge in [0.15, 0.2) is 0 Å². The van der Waals surface area contributed by atoms with Crippen molar-refractivity contribution >= 4 is 12.4 Å². The molecule has 1 aromatic rings. The number of rotatable bonds is 2. The summed E-state index contributed by atoms with van der Waals surface area (Å²) >= 11 is 0. The number of nitrogens with one attached hydrogen (secondary N) is 1. The fraction of sp³-hybridized carbons (Fsp3) is 0.300. The minimum atomic E-state index is 0. The fourth-order valence-electron chi connectivity index (χ4n) is 1.15. The standard InChI is InChI=1S/C10H10N2O.ClH/c11-5-8-1-3-9(4-2-8)13-10-6-12-7-10;/h1-4,10,12H,6-7H2;1H. The molecule has 14 heavy (non-hydrogen) atoms. The lowest BCUT2D eigenvalue weighted by atomic mass is 10.2. The van der Waals surface area contributed by atoms with Gasteiger partial charge in [-0.15, -0.1) is 12.4 Å². The van der Waals surface area contributed by atoms with Crippen LogP contribution in [0.15, 0.2) is 24.3 Å². The highest BCUT2D eigenvalue weighted by Crippen LogP contribution is 2.14. The van der Waals surface area contributed by atoms with Crippen molar-refractivity contribution in [3.63, 3.8) is 0 Å². The Labute approximate surface area is 89.1 Å². The first-order valence-electron chi connectivity index (χ1n) is 4.26. The molecule has 74 valence electrons. The summed E-state index contributed by atoms with van der Waals surface area (Å²) in [7, 11) is 0. The molecule has 0 saturated carbocycles. The number of nitriles is 1. The van der Waals surface area contributed by atoms with Crippen LogP contribution in [-0.4, -0.2) is 19.2 Å². The normalized spacial score (nSPS) is 14.8. The summed E-state index contributed by atoms with van der Waals surface area (Å²) in [6, 6.07) is 9.26. The minimum Gasteiger partial charge on any atom is -0.488 e. The van der Waals surface area contributed by atoms with Gasteiger partial charge in [-0.05, 0) is 24.3 Å². The molecular formula is C10H11ClN2O. The molecule has 1 heterocycles. The Kier molecular flexibility index (Phi) is 3.75. The lowest BCUT2D eigenvalue weighted by Crippen LogP contribution is -2.50. The average molecular weight is 211 g/mol. The molecule has 0 bridgehead atoms. The third-order valence-electron chi connectivity index (χ3n) is 2.03. The van der Waals surface area contributed by atoms with E-state index in [-0.39, 0.29) is 12.4 Å². The molecule has 4 heteroatoms. The molecular weight excluding hydrogens is 200 g/mol. The van der Waals surface area contributed by atoms with E-state index in [2.05, 4.69) is 11.4 Å². The molecule has 1 aliphatic rings. The topological polar surface area (TPSA) is 45.0 Å². The van der Waals surface area contributed by atoms with Gasteiger partial charge in [0.25, 0.3) is 0 Å². The zero-order valence-electron chi connectivity index (χ0n) is 7.56. The molecule has 0 unspecified atom stereocenters. The van der Waals surface area contributed by atoms with Crippen molar-refractivity contribution in [2.45, 2.75) is 6.10 Å². The van der Waals surface area contributed by atoms with Crippen LogP contribution in [0.25, 0.3) is 0 Å². The van der Waals surface area contributed by atoms with Gasteiger partial charge in [0.05, 0.1) is 11.6 Å². The maximum atomic E-state index is 8.57. The fourth-order valence-corrected chi connectivity index (χ4v) is 1.15. The Bertz CT molecular complexity index is 327. The van der Waals surface area contributed by atoms with Crippen LogP contribution in [0.1, 0.15) is 5.56 Å². The molecule has 3 nitrogen and oxygen atoms in total. The highest BCUT2D eigenvalue weighted by Gasteiger charge is 2.17. The van der Waals surface area contributed by atoms with Gasteiger partial charge in [0.1, 0.15) is 11.9 Å². The van der Waals surface area contributed by atoms with Crippen LogP contribution in [0.5, 0.6) is 5.75 Å². The summed E-state index contributed by atoms with van der Waals surface area (Å²) in [6.07, 6.45) is 0.299. The van der Waals surface area contributed by atoms with E-state index < -0.39 is 0 Å². The minimum absolute atomic E-state index is 0. The van der Waals surface area contributed by atoms with E-state index in [4.69, 9.17) is 10.00 Å². The van der Waals surface area contributed by atoms with Crippen molar-refractivity contribution < 1.29 is 4.74 Å². The highest BCUT2D eigenvalue weighted by molar-refractivity contribution is 5.85. The van der Waals surface area contributed by atoms with Crippen LogP contribution in [0, 0.1) is 11.3 Å². The van der Waals surface area contributed by atoms with Gasteiger partial charge < -0.3 is 10.1 Å². The summed E-state index contributed by atoms with van der Waals surface area (Å²) in [5.41, 5.74) is 0.666. The Balaban J connectivity index is 0.000000980. The Morgan fingerprint density at radius 1 is 1.29 bits per heavy atom. The first-order valence-corrected chi connectivity index (χ1v) is 4.26. The molecule has 1 aromatic carbocycles. The van der Waals surface area contributed by atoms with Crippen LogP contribution >= 0.6 is 12.4 Å². The van der Waals surface area contributed by atoms with Crippen LogP contribution in [0.4, 0.5) is 0 Å². The van der Waals surface area contributed by atoms with E-state index in [9.17, 15) is 0 Å². The molecule has 0 aromatic heterocycles. The highest BCUT2D eigenvalue weighted by atomic mass is 35.5. The zero-order valence-corrected chi connectivity index (χ0v) is 8.38. The van der Waals surface area contributed by atoms with E-state index in [1.165, 1.54) is 0 Å². The Hall–Kier alpha value is -1.24. The van der Waals surface area contributed by atoms with Crippen LogP contribution in [-0.2, 0) is 0 Å². The number of hydrogen-bond acceptors (Lipinski definition) is 3. The Morgan fingerprint density at radius 2 is 1.93 bits per heavy atom.